The lowest BCUT2D eigenvalue weighted by Gasteiger charge is -2.06. The Morgan fingerprint density at radius 3 is 1.71 bits per heavy atom. The summed E-state index contributed by atoms with van der Waals surface area (Å²) in [7, 11) is 0. The van der Waals surface area contributed by atoms with Crippen molar-refractivity contribution in [1.29, 1.82) is 0 Å². The highest BCUT2D eigenvalue weighted by atomic mass is 15.1. The lowest BCUT2D eigenvalue weighted by Crippen LogP contribution is -2.37. The van der Waals surface area contributed by atoms with E-state index in [1.165, 1.54) is 129 Å². The Hall–Kier alpha value is -0.790. The van der Waals surface area contributed by atoms with Crippen molar-refractivity contribution in [2.45, 2.75) is 149 Å². The average molecular weight is 392 g/mol. The molecule has 2 heteroatoms. The fraction of sp³-hybridized carbons (Fsp3) is 0.885. The minimum absolute atomic E-state index is 1.21. The zero-order chi connectivity index (χ0) is 20.3. The highest BCUT2D eigenvalue weighted by Crippen LogP contribution is 2.12. The minimum atomic E-state index is 1.21. The van der Waals surface area contributed by atoms with E-state index in [4.69, 9.17) is 0 Å². The van der Waals surface area contributed by atoms with Crippen LogP contribution in [0.5, 0.6) is 0 Å². The van der Waals surface area contributed by atoms with Gasteiger partial charge in [-0.2, -0.15) is 0 Å². The molecule has 0 saturated carbocycles. The molecule has 0 aromatic carbocycles. The van der Waals surface area contributed by atoms with Gasteiger partial charge in [0.05, 0.1) is 13.1 Å². The molecule has 0 amide bonds. The van der Waals surface area contributed by atoms with Gasteiger partial charge in [0.25, 0.3) is 5.82 Å². The molecule has 0 bridgehead atoms. The van der Waals surface area contributed by atoms with Gasteiger partial charge < -0.3 is 0 Å². The number of aromatic nitrogens is 2. The smallest absolute Gasteiger partial charge is 0.234 e. The van der Waals surface area contributed by atoms with Gasteiger partial charge in [0, 0.05) is 6.42 Å². The SMILES string of the molecule is CCCCCCCCCCCCCn1cc[n+](CCCCC)c1CCCCC. The van der Waals surface area contributed by atoms with Gasteiger partial charge in [0.15, 0.2) is 0 Å². The van der Waals surface area contributed by atoms with Crippen LogP contribution in [-0.2, 0) is 19.5 Å². The molecule has 2 nitrogen and oxygen atoms in total. The molecule has 0 radical (unpaired) electrons. The van der Waals surface area contributed by atoms with Gasteiger partial charge >= 0.3 is 0 Å². The zero-order valence-corrected chi connectivity index (χ0v) is 19.7. The van der Waals surface area contributed by atoms with Crippen LogP contribution in [0.1, 0.15) is 136 Å². The van der Waals surface area contributed by atoms with Crippen LogP contribution in [0.3, 0.4) is 0 Å². The first-order chi connectivity index (χ1) is 13.8. The molecule has 0 aliphatic rings. The summed E-state index contributed by atoms with van der Waals surface area (Å²) in [6.07, 6.45) is 29.6. The Morgan fingerprint density at radius 1 is 0.607 bits per heavy atom. The molecular formula is C26H51N2+. The minimum Gasteiger partial charge on any atom is -0.234 e. The monoisotopic (exact) mass is 391 g/mol. The van der Waals surface area contributed by atoms with E-state index in [0.29, 0.717) is 0 Å². The lowest BCUT2D eigenvalue weighted by atomic mass is 10.1. The number of unbranched alkanes of at least 4 members (excludes halogenated alkanes) is 14. The van der Waals surface area contributed by atoms with Crippen LogP contribution in [0.2, 0.25) is 0 Å². The summed E-state index contributed by atoms with van der Waals surface area (Å²) >= 11 is 0. The summed E-state index contributed by atoms with van der Waals surface area (Å²) in [4.78, 5) is 0. The first-order valence-corrected chi connectivity index (χ1v) is 12.9. The molecule has 0 N–H and O–H groups in total. The maximum atomic E-state index is 2.56. The van der Waals surface area contributed by atoms with Crippen molar-refractivity contribution in [2.75, 3.05) is 0 Å². The summed E-state index contributed by atoms with van der Waals surface area (Å²) < 4.78 is 5.11. The van der Waals surface area contributed by atoms with E-state index in [9.17, 15) is 0 Å². The third-order valence-corrected chi connectivity index (χ3v) is 6.10. The van der Waals surface area contributed by atoms with E-state index in [0.717, 1.165) is 0 Å². The maximum absolute atomic E-state index is 2.56. The number of nitrogens with zero attached hydrogens (tertiary/aromatic N) is 2. The second-order valence-electron chi connectivity index (χ2n) is 8.80. The standard InChI is InChI=1S/C26H51N2/c1-4-7-10-11-12-13-14-15-16-17-20-23-28-25-24-27(22-19-9-6-3)26(28)21-18-8-5-2/h24-25H,4-23H2,1-3H3/q+1. The highest BCUT2D eigenvalue weighted by Gasteiger charge is 2.16. The normalized spacial score (nSPS) is 11.4. The third-order valence-electron chi connectivity index (χ3n) is 6.10. The average Bonchev–Trinajstić information content (AvgIpc) is 3.08. The Bertz CT molecular complexity index is 449. The van der Waals surface area contributed by atoms with E-state index in [-0.39, 0.29) is 0 Å². The molecule has 0 saturated heterocycles. The van der Waals surface area contributed by atoms with Crippen molar-refractivity contribution in [3.63, 3.8) is 0 Å². The quantitative estimate of drug-likeness (QED) is 0.157. The molecule has 1 aromatic rings. The molecule has 0 fully saturated rings. The Morgan fingerprint density at radius 2 is 1.11 bits per heavy atom. The molecule has 0 aliphatic heterocycles. The Balaban J connectivity index is 2.22. The summed E-state index contributed by atoms with van der Waals surface area (Å²) in [5.41, 5.74) is 0. The summed E-state index contributed by atoms with van der Waals surface area (Å²) in [5, 5.41) is 0. The topological polar surface area (TPSA) is 8.81 Å². The van der Waals surface area contributed by atoms with Crippen molar-refractivity contribution in [3.8, 4) is 0 Å². The predicted molar refractivity (Wildman–Crippen MR) is 124 cm³/mol. The molecule has 1 rings (SSSR count). The fourth-order valence-corrected chi connectivity index (χ4v) is 4.20. The second-order valence-corrected chi connectivity index (χ2v) is 8.80. The zero-order valence-electron chi connectivity index (χ0n) is 19.7. The molecule has 0 spiro atoms. The van der Waals surface area contributed by atoms with Crippen LogP contribution >= 0.6 is 0 Å². The number of hydrogen-bond acceptors (Lipinski definition) is 0. The lowest BCUT2D eigenvalue weighted by molar-refractivity contribution is -0.704. The van der Waals surface area contributed by atoms with Gasteiger partial charge in [0.2, 0.25) is 0 Å². The van der Waals surface area contributed by atoms with Crippen LogP contribution in [0.25, 0.3) is 0 Å². The third kappa shape index (κ3) is 11.9. The van der Waals surface area contributed by atoms with Gasteiger partial charge in [-0.25, -0.2) is 9.13 Å². The molecule has 0 atom stereocenters. The number of aryl methyl sites for hydroxylation is 2. The summed E-state index contributed by atoms with van der Waals surface area (Å²) in [5.74, 6) is 1.58. The summed E-state index contributed by atoms with van der Waals surface area (Å²) in [6, 6.07) is 0. The van der Waals surface area contributed by atoms with E-state index in [2.05, 4.69) is 42.3 Å². The molecule has 1 aromatic heterocycles. The number of hydrogen-bond donors (Lipinski definition) is 0. The second kappa shape index (κ2) is 18.3. The van der Waals surface area contributed by atoms with Crippen LogP contribution in [-0.4, -0.2) is 4.57 Å². The van der Waals surface area contributed by atoms with Crippen LogP contribution < -0.4 is 4.57 Å². The molecule has 164 valence electrons. The number of rotatable bonds is 20. The molecule has 0 unspecified atom stereocenters. The van der Waals surface area contributed by atoms with Crippen molar-refractivity contribution in [2.24, 2.45) is 0 Å². The van der Waals surface area contributed by atoms with Gasteiger partial charge in [-0.05, 0) is 32.1 Å². The van der Waals surface area contributed by atoms with Gasteiger partial charge in [0.1, 0.15) is 12.4 Å². The van der Waals surface area contributed by atoms with E-state index in [1.807, 2.05) is 0 Å². The maximum Gasteiger partial charge on any atom is 0.256 e. The van der Waals surface area contributed by atoms with Gasteiger partial charge in [-0.1, -0.05) is 97.8 Å². The first-order valence-electron chi connectivity index (χ1n) is 12.9. The largest absolute Gasteiger partial charge is 0.256 e. The van der Waals surface area contributed by atoms with Crippen molar-refractivity contribution in [3.05, 3.63) is 18.2 Å². The Kier molecular flexibility index (Phi) is 16.5. The highest BCUT2D eigenvalue weighted by molar-refractivity contribution is 4.84. The van der Waals surface area contributed by atoms with Crippen LogP contribution in [0.4, 0.5) is 0 Å². The summed E-state index contributed by atoms with van der Waals surface area (Å²) in [6.45, 7) is 9.33. The molecule has 0 aliphatic carbocycles. The van der Waals surface area contributed by atoms with E-state index in [1.54, 1.807) is 5.82 Å². The van der Waals surface area contributed by atoms with Gasteiger partial charge in [-0.15, -0.1) is 0 Å². The number of imidazole rings is 1. The molecule has 1 heterocycles. The van der Waals surface area contributed by atoms with E-state index >= 15 is 0 Å². The van der Waals surface area contributed by atoms with E-state index < -0.39 is 0 Å². The van der Waals surface area contributed by atoms with Crippen molar-refractivity contribution < 1.29 is 4.57 Å². The van der Waals surface area contributed by atoms with Gasteiger partial charge in [-0.3, -0.25) is 0 Å². The Labute approximate surface area is 177 Å². The van der Waals surface area contributed by atoms with Crippen molar-refractivity contribution >= 4 is 0 Å². The van der Waals surface area contributed by atoms with Crippen LogP contribution in [0.15, 0.2) is 12.4 Å². The molecular weight excluding hydrogens is 340 g/mol. The molecule has 28 heavy (non-hydrogen) atoms. The van der Waals surface area contributed by atoms with Crippen LogP contribution in [0, 0.1) is 0 Å². The fourth-order valence-electron chi connectivity index (χ4n) is 4.20. The van der Waals surface area contributed by atoms with Crippen molar-refractivity contribution in [1.82, 2.24) is 4.57 Å². The predicted octanol–water partition coefficient (Wildman–Crippen LogP) is 8.01. The first kappa shape index (κ1) is 25.2.